The highest BCUT2D eigenvalue weighted by atomic mass is 16.2. The van der Waals surface area contributed by atoms with Crippen LogP contribution in [0.1, 0.15) is 25.7 Å². The van der Waals surface area contributed by atoms with Gasteiger partial charge in [-0.15, -0.1) is 0 Å². The van der Waals surface area contributed by atoms with E-state index in [4.69, 9.17) is 0 Å². The monoisotopic (exact) mass is 378 g/mol. The number of carbonyl (C=O) groups excluding carboxylic acids is 2. The van der Waals surface area contributed by atoms with E-state index >= 15 is 0 Å². The first-order chi connectivity index (χ1) is 13.7. The van der Waals surface area contributed by atoms with Gasteiger partial charge in [0.05, 0.1) is 5.41 Å². The topological polar surface area (TPSA) is 82.3 Å². The average molecular weight is 378 g/mol. The lowest BCUT2D eigenvalue weighted by molar-refractivity contribution is -0.128. The fraction of sp³-hybridized carbons (Fsp3) is 0.364. The Morgan fingerprint density at radius 3 is 2.43 bits per heavy atom. The van der Waals surface area contributed by atoms with Crippen LogP contribution in [0.15, 0.2) is 54.6 Å². The molecule has 3 amide bonds. The van der Waals surface area contributed by atoms with Gasteiger partial charge in [-0.2, -0.15) is 0 Å². The van der Waals surface area contributed by atoms with E-state index in [1.165, 1.54) is 6.42 Å². The van der Waals surface area contributed by atoms with Crippen LogP contribution in [0.3, 0.4) is 0 Å². The number of benzene rings is 2. The lowest BCUT2D eigenvalue weighted by atomic mass is 9.67. The predicted molar refractivity (Wildman–Crippen MR) is 111 cm³/mol. The van der Waals surface area contributed by atoms with Crippen molar-refractivity contribution in [3.05, 3.63) is 54.6 Å². The van der Waals surface area contributed by atoms with Crippen molar-refractivity contribution in [1.29, 1.82) is 0 Å². The Morgan fingerprint density at radius 2 is 1.61 bits per heavy atom. The normalized spacial score (nSPS) is 23.5. The van der Waals surface area contributed by atoms with Crippen LogP contribution in [-0.4, -0.2) is 25.0 Å². The average Bonchev–Trinajstić information content (AvgIpc) is 3.14. The van der Waals surface area contributed by atoms with E-state index in [2.05, 4.69) is 21.3 Å². The molecule has 2 atom stereocenters. The lowest BCUT2D eigenvalue weighted by Gasteiger charge is -2.37. The number of para-hydroxylation sites is 1. The van der Waals surface area contributed by atoms with E-state index in [0.29, 0.717) is 17.3 Å². The highest BCUT2D eigenvalue weighted by Crippen LogP contribution is 2.44. The number of fused-ring (bicyclic) bond motifs is 1. The van der Waals surface area contributed by atoms with Crippen molar-refractivity contribution in [2.24, 2.45) is 11.3 Å². The maximum Gasteiger partial charge on any atom is 0.323 e. The molecule has 1 saturated heterocycles. The number of anilines is 3. The van der Waals surface area contributed by atoms with Gasteiger partial charge in [0.1, 0.15) is 0 Å². The van der Waals surface area contributed by atoms with Gasteiger partial charge < -0.3 is 21.3 Å². The second kappa shape index (κ2) is 8.02. The molecule has 4 rings (SSSR count). The minimum Gasteiger partial charge on any atom is -0.325 e. The summed E-state index contributed by atoms with van der Waals surface area (Å²) in [4.78, 5) is 25.3. The molecule has 0 unspecified atom stereocenters. The quantitative estimate of drug-likeness (QED) is 0.648. The zero-order chi connectivity index (χ0) is 19.4. The van der Waals surface area contributed by atoms with Crippen LogP contribution in [0, 0.1) is 11.3 Å². The lowest BCUT2D eigenvalue weighted by Crippen LogP contribution is -2.44. The minimum absolute atomic E-state index is 0.0908. The van der Waals surface area contributed by atoms with Crippen LogP contribution in [0.5, 0.6) is 0 Å². The van der Waals surface area contributed by atoms with Gasteiger partial charge in [-0.05, 0) is 55.6 Å². The van der Waals surface area contributed by atoms with E-state index in [9.17, 15) is 9.59 Å². The second-order valence-corrected chi connectivity index (χ2v) is 7.71. The third-order valence-electron chi connectivity index (χ3n) is 5.90. The first kappa shape index (κ1) is 18.5. The van der Waals surface area contributed by atoms with E-state index < -0.39 is 0 Å². The Bertz CT molecular complexity index is 855. The van der Waals surface area contributed by atoms with E-state index in [1.807, 2.05) is 42.5 Å². The number of carbonyl (C=O) groups is 2. The standard InChI is InChI=1S/C22H26N4O2/c27-20(22-12-5-4-7-16(22)14-23-15-22)24-18-10-6-11-19(13-18)26-21(28)25-17-8-2-1-3-9-17/h1-3,6,8-11,13,16,23H,4-5,7,12,14-15H2,(H,24,27)(H2,25,26,28)/t16-,22+/m0/s1. The van der Waals surface area contributed by atoms with Gasteiger partial charge in [0.25, 0.3) is 0 Å². The molecule has 1 aliphatic carbocycles. The number of rotatable bonds is 4. The summed E-state index contributed by atoms with van der Waals surface area (Å²) >= 11 is 0. The van der Waals surface area contributed by atoms with Crippen molar-refractivity contribution in [2.75, 3.05) is 29.0 Å². The van der Waals surface area contributed by atoms with Gasteiger partial charge in [0.2, 0.25) is 5.91 Å². The van der Waals surface area contributed by atoms with Gasteiger partial charge in [-0.1, -0.05) is 37.1 Å². The minimum atomic E-state index is -0.319. The SMILES string of the molecule is O=C(Nc1ccccc1)Nc1cccc(NC(=O)[C@@]23CCCC[C@H]2CNC3)c1. The molecule has 1 saturated carbocycles. The summed E-state index contributed by atoms with van der Waals surface area (Å²) < 4.78 is 0. The Morgan fingerprint density at radius 1 is 0.893 bits per heavy atom. The summed E-state index contributed by atoms with van der Waals surface area (Å²) in [5.74, 6) is 0.507. The predicted octanol–water partition coefficient (Wildman–Crippen LogP) is 4.05. The van der Waals surface area contributed by atoms with Crippen molar-refractivity contribution in [3.63, 3.8) is 0 Å². The number of amides is 3. The molecular formula is C22H26N4O2. The Kier molecular flexibility index (Phi) is 5.30. The number of nitrogens with one attached hydrogen (secondary N) is 4. The molecule has 0 bridgehead atoms. The highest BCUT2D eigenvalue weighted by molar-refractivity contribution is 6.01. The molecule has 2 aromatic carbocycles. The molecule has 2 fully saturated rings. The first-order valence-electron chi connectivity index (χ1n) is 9.91. The number of urea groups is 1. The molecule has 2 aliphatic rings. The van der Waals surface area contributed by atoms with Gasteiger partial charge in [-0.3, -0.25) is 4.79 Å². The van der Waals surface area contributed by atoms with E-state index in [1.54, 1.807) is 12.1 Å². The van der Waals surface area contributed by atoms with Crippen molar-refractivity contribution in [3.8, 4) is 0 Å². The number of hydrogen-bond acceptors (Lipinski definition) is 3. The molecular weight excluding hydrogens is 352 g/mol. The molecule has 28 heavy (non-hydrogen) atoms. The van der Waals surface area contributed by atoms with Crippen LogP contribution in [0.2, 0.25) is 0 Å². The number of hydrogen-bond donors (Lipinski definition) is 4. The molecule has 2 aromatic rings. The molecule has 6 heteroatoms. The zero-order valence-corrected chi connectivity index (χ0v) is 15.8. The second-order valence-electron chi connectivity index (χ2n) is 7.71. The first-order valence-corrected chi connectivity index (χ1v) is 9.91. The van der Waals surface area contributed by atoms with Crippen LogP contribution < -0.4 is 21.3 Å². The summed E-state index contributed by atoms with van der Waals surface area (Å²) in [6, 6.07) is 16.2. The molecule has 146 valence electrons. The Hall–Kier alpha value is -2.86. The fourth-order valence-electron chi connectivity index (χ4n) is 4.44. The zero-order valence-electron chi connectivity index (χ0n) is 15.8. The summed E-state index contributed by atoms with van der Waals surface area (Å²) in [5, 5.41) is 12.1. The van der Waals surface area contributed by atoms with Crippen molar-refractivity contribution >= 4 is 29.0 Å². The van der Waals surface area contributed by atoms with Crippen LogP contribution in [0.4, 0.5) is 21.9 Å². The molecule has 0 spiro atoms. The molecule has 6 nitrogen and oxygen atoms in total. The van der Waals surface area contributed by atoms with Crippen molar-refractivity contribution in [2.45, 2.75) is 25.7 Å². The van der Waals surface area contributed by atoms with Crippen molar-refractivity contribution < 1.29 is 9.59 Å². The van der Waals surface area contributed by atoms with Gasteiger partial charge in [0.15, 0.2) is 0 Å². The largest absolute Gasteiger partial charge is 0.325 e. The van der Waals surface area contributed by atoms with E-state index in [-0.39, 0.29) is 17.4 Å². The van der Waals surface area contributed by atoms with Crippen LogP contribution in [-0.2, 0) is 4.79 Å². The third-order valence-corrected chi connectivity index (χ3v) is 5.90. The van der Waals surface area contributed by atoms with Gasteiger partial charge in [-0.25, -0.2) is 4.79 Å². The maximum atomic E-state index is 13.1. The fourth-order valence-corrected chi connectivity index (χ4v) is 4.44. The molecule has 4 N–H and O–H groups in total. The molecule has 1 heterocycles. The molecule has 0 radical (unpaired) electrons. The Labute approximate surface area is 165 Å². The maximum absolute atomic E-state index is 13.1. The van der Waals surface area contributed by atoms with Crippen LogP contribution in [0.25, 0.3) is 0 Å². The molecule has 0 aromatic heterocycles. The summed E-state index contributed by atoms with van der Waals surface area (Å²) in [6.45, 7) is 1.68. The third kappa shape index (κ3) is 3.87. The van der Waals surface area contributed by atoms with Crippen molar-refractivity contribution in [1.82, 2.24) is 5.32 Å². The summed E-state index contributed by atoms with van der Waals surface area (Å²) in [7, 11) is 0. The smallest absolute Gasteiger partial charge is 0.323 e. The highest BCUT2D eigenvalue weighted by Gasteiger charge is 2.49. The van der Waals surface area contributed by atoms with Crippen LogP contribution >= 0.6 is 0 Å². The van der Waals surface area contributed by atoms with Gasteiger partial charge >= 0.3 is 6.03 Å². The summed E-state index contributed by atoms with van der Waals surface area (Å²) in [5.41, 5.74) is 1.76. The van der Waals surface area contributed by atoms with E-state index in [0.717, 1.165) is 38.0 Å². The molecule has 1 aliphatic heterocycles. The van der Waals surface area contributed by atoms with Gasteiger partial charge in [0, 0.05) is 23.6 Å². The summed E-state index contributed by atoms with van der Waals surface area (Å²) in [6.07, 6.45) is 4.36. The Balaban J connectivity index is 1.41.